The minimum atomic E-state index is -0.894. The summed E-state index contributed by atoms with van der Waals surface area (Å²) in [7, 11) is 0. The zero-order valence-electron chi connectivity index (χ0n) is 17.8. The molecule has 0 aliphatic heterocycles. The van der Waals surface area contributed by atoms with Crippen molar-refractivity contribution < 1.29 is 23.9 Å². The SMILES string of the molecule is C=CCNC(=O)C(=O)N/N=C\c1ccc(OCC(=O)NCc2ccccc2)c(OCC)c1. The summed E-state index contributed by atoms with van der Waals surface area (Å²) < 4.78 is 11.2. The standard InChI is InChI=1S/C23H26N4O5/c1-3-12-24-22(29)23(30)27-26-15-18-10-11-19(20(13-18)31-4-2)32-16-21(28)25-14-17-8-6-5-7-9-17/h3,5-11,13,15H,1,4,12,14,16H2,2H3,(H,24,29)(H,25,28)(H,27,30)/b26-15-. The molecule has 0 atom stereocenters. The fraction of sp³-hybridized carbons (Fsp3) is 0.217. The van der Waals surface area contributed by atoms with Crippen molar-refractivity contribution in [2.45, 2.75) is 13.5 Å². The first-order chi connectivity index (χ1) is 15.5. The summed E-state index contributed by atoms with van der Waals surface area (Å²) in [6.07, 6.45) is 2.82. The van der Waals surface area contributed by atoms with Crippen LogP contribution >= 0.6 is 0 Å². The van der Waals surface area contributed by atoms with E-state index < -0.39 is 11.8 Å². The summed E-state index contributed by atoms with van der Waals surface area (Å²) in [5.74, 6) is -1.16. The minimum absolute atomic E-state index is 0.170. The van der Waals surface area contributed by atoms with Gasteiger partial charge in [0.2, 0.25) is 0 Å². The molecule has 0 fully saturated rings. The second kappa shape index (κ2) is 13.2. The number of ether oxygens (including phenoxy) is 2. The summed E-state index contributed by atoms with van der Waals surface area (Å²) in [5.41, 5.74) is 3.72. The average molecular weight is 438 g/mol. The molecule has 3 N–H and O–H groups in total. The smallest absolute Gasteiger partial charge is 0.329 e. The van der Waals surface area contributed by atoms with Crippen LogP contribution < -0.4 is 25.5 Å². The number of hydrogen-bond acceptors (Lipinski definition) is 6. The van der Waals surface area contributed by atoms with Gasteiger partial charge in [0, 0.05) is 13.1 Å². The number of benzene rings is 2. The highest BCUT2D eigenvalue weighted by Gasteiger charge is 2.11. The monoisotopic (exact) mass is 438 g/mol. The van der Waals surface area contributed by atoms with Crippen molar-refractivity contribution in [2.75, 3.05) is 19.8 Å². The first kappa shape index (κ1) is 24.1. The van der Waals surface area contributed by atoms with E-state index in [2.05, 4.69) is 27.7 Å². The quantitative estimate of drug-likeness (QED) is 0.213. The molecule has 2 aromatic carbocycles. The Morgan fingerprint density at radius 1 is 1.00 bits per heavy atom. The van der Waals surface area contributed by atoms with E-state index in [9.17, 15) is 14.4 Å². The van der Waals surface area contributed by atoms with E-state index in [4.69, 9.17) is 9.47 Å². The Morgan fingerprint density at radius 3 is 2.50 bits per heavy atom. The normalized spacial score (nSPS) is 10.3. The molecule has 9 heteroatoms. The van der Waals surface area contributed by atoms with Crippen LogP contribution in [-0.2, 0) is 20.9 Å². The van der Waals surface area contributed by atoms with Crippen LogP contribution in [0.2, 0.25) is 0 Å². The van der Waals surface area contributed by atoms with Gasteiger partial charge in [-0.25, -0.2) is 5.43 Å². The van der Waals surface area contributed by atoms with Gasteiger partial charge < -0.3 is 20.1 Å². The van der Waals surface area contributed by atoms with Crippen molar-refractivity contribution in [3.05, 3.63) is 72.3 Å². The molecule has 0 bridgehead atoms. The molecular formula is C23H26N4O5. The van der Waals surface area contributed by atoms with Crippen LogP contribution in [0.15, 0.2) is 66.3 Å². The molecule has 2 aromatic rings. The Hall–Kier alpha value is -4.14. The summed E-state index contributed by atoms with van der Waals surface area (Å²) in [5, 5.41) is 8.89. The Morgan fingerprint density at radius 2 is 1.78 bits per heavy atom. The van der Waals surface area contributed by atoms with Gasteiger partial charge in [-0.2, -0.15) is 5.10 Å². The van der Waals surface area contributed by atoms with Crippen molar-refractivity contribution in [1.29, 1.82) is 0 Å². The van der Waals surface area contributed by atoms with Crippen LogP contribution in [0.1, 0.15) is 18.1 Å². The van der Waals surface area contributed by atoms with Gasteiger partial charge in [0.25, 0.3) is 5.91 Å². The van der Waals surface area contributed by atoms with E-state index in [0.29, 0.717) is 30.2 Å². The molecule has 0 saturated carbocycles. The largest absolute Gasteiger partial charge is 0.490 e. The van der Waals surface area contributed by atoms with Crippen LogP contribution in [0.3, 0.4) is 0 Å². The number of hydrogen-bond donors (Lipinski definition) is 3. The Balaban J connectivity index is 1.90. The van der Waals surface area contributed by atoms with E-state index in [1.165, 1.54) is 12.3 Å². The molecule has 0 radical (unpaired) electrons. The van der Waals surface area contributed by atoms with Gasteiger partial charge in [-0.15, -0.1) is 6.58 Å². The zero-order valence-corrected chi connectivity index (χ0v) is 17.8. The lowest BCUT2D eigenvalue weighted by Gasteiger charge is -2.12. The summed E-state index contributed by atoms with van der Waals surface area (Å²) in [4.78, 5) is 35.1. The van der Waals surface area contributed by atoms with Crippen LogP contribution in [0.4, 0.5) is 0 Å². The van der Waals surface area contributed by atoms with E-state index in [-0.39, 0.29) is 19.1 Å². The third kappa shape index (κ3) is 8.31. The summed E-state index contributed by atoms with van der Waals surface area (Å²) in [6, 6.07) is 14.5. The van der Waals surface area contributed by atoms with Crippen molar-refractivity contribution in [3.63, 3.8) is 0 Å². The van der Waals surface area contributed by atoms with Crippen LogP contribution in [-0.4, -0.2) is 43.7 Å². The van der Waals surface area contributed by atoms with E-state index >= 15 is 0 Å². The number of hydrazone groups is 1. The number of carbonyl (C=O) groups excluding carboxylic acids is 3. The third-order valence-electron chi connectivity index (χ3n) is 3.95. The molecule has 0 aliphatic rings. The molecule has 0 aromatic heterocycles. The summed E-state index contributed by atoms with van der Waals surface area (Å²) in [6.45, 7) is 6.07. The Labute approximate surface area is 186 Å². The first-order valence-electron chi connectivity index (χ1n) is 9.95. The predicted octanol–water partition coefficient (Wildman–Crippen LogP) is 1.53. The molecule has 0 unspecified atom stereocenters. The molecular weight excluding hydrogens is 412 g/mol. The number of rotatable bonds is 11. The maximum atomic E-state index is 12.1. The van der Waals surface area contributed by atoms with Crippen LogP contribution in [0.5, 0.6) is 11.5 Å². The van der Waals surface area contributed by atoms with Crippen molar-refractivity contribution >= 4 is 23.9 Å². The van der Waals surface area contributed by atoms with Crippen molar-refractivity contribution in [3.8, 4) is 11.5 Å². The Bertz CT molecular complexity index is 960. The molecule has 0 spiro atoms. The fourth-order valence-electron chi connectivity index (χ4n) is 2.44. The zero-order chi connectivity index (χ0) is 23.2. The number of nitrogens with zero attached hydrogens (tertiary/aromatic N) is 1. The highest BCUT2D eigenvalue weighted by Crippen LogP contribution is 2.28. The predicted molar refractivity (Wildman–Crippen MR) is 120 cm³/mol. The van der Waals surface area contributed by atoms with E-state index in [1.807, 2.05) is 37.3 Å². The molecule has 9 nitrogen and oxygen atoms in total. The van der Waals surface area contributed by atoms with Crippen molar-refractivity contribution in [2.24, 2.45) is 5.10 Å². The maximum absolute atomic E-state index is 12.1. The number of nitrogens with one attached hydrogen (secondary N) is 3. The van der Waals surface area contributed by atoms with Gasteiger partial charge in [-0.1, -0.05) is 36.4 Å². The lowest BCUT2D eigenvalue weighted by molar-refractivity contribution is -0.139. The Kier molecular flexibility index (Phi) is 9.97. The van der Waals surface area contributed by atoms with Gasteiger partial charge in [0.1, 0.15) is 0 Å². The summed E-state index contributed by atoms with van der Waals surface area (Å²) >= 11 is 0. The van der Waals surface area contributed by atoms with E-state index in [1.54, 1.807) is 18.2 Å². The lowest BCUT2D eigenvalue weighted by atomic mass is 10.2. The topological polar surface area (TPSA) is 118 Å². The van der Waals surface area contributed by atoms with Crippen LogP contribution in [0.25, 0.3) is 0 Å². The minimum Gasteiger partial charge on any atom is -0.490 e. The molecule has 0 aliphatic carbocycles. The first-order valence-corrected chi connectivity index (χ1v) is 9.95. The lowest BCUT2D eigenvalue weighted by Crippen LogP contribution is -2.37. The molecule has 3 amide bonds. The highest BCUT2D eigenvalue weighted by molar-refractivity contribution is 6.35. The third-order valence-corrected chi connectivity index (χ3v) is 3.95. The van der Waals surface area contributed by atoms with Crippen LogP contribution in [0, 0.1) is 0 Å². The average Bonchev–Trinajstić information content (AvgIpc) is 2.81. The van der Waals surface area contributed by atoms with Gasteiger partial charge in [-0.3, -0.25) is 14.4 Å². The van der Waals surface area contributed by atoms with Gasteiger partial charge in [0.05, 0.1) is 12.8 Å². The van der Waals surface area contributed by atoms with E-state index in [0.717, 1.165) is 5.56 Å². The molecule has 0 saturated heterocycles. The molecule has 0 heterocycles. The fourth-order valence-corrected chi connectivity index (χ4v) is 2.44. The number of amides is 3. The molecule has 168 valence electrons. The highest BCUT2D eigenvalue weighted by atomic mass is 16.5. The molecule has 2 rings (SSSR count). The maximum Gasteiger partial charge on any atom is 0.329 e. The van der Waals surface area contributed by atoms with Crippen molar-refractivity contribution in [1.82, 2.24) is 16.1 Å². The van der Waals surface area contributed by atoms with Gasteiger partial charge in [0.15, 0.2) is 18.1 Å². The van der Waals surface area contributed by atoms with Gasteiger partial charge >= 0.3 is 11.8 Å². The number of carbonyl (C=O) groups is 3. The second-order valence-corrected chi connectivity index (χ2v) is 6.39. The molecule has 32 heavy (non-hydrogen) atoms. The second-order valence-electron chi connectivity index (χ2n) is 6.39. The van der Waals surface area contributed by atoms with Gasteiger partial charge in [-0.05, 0) is 36.2 Å².